The van der Waals surface area contributed by atoms with Gasteiger partial charge in [0.25, 0.3) is 0 Å². The summed E-state index contributed by atoms with van der Waals surface area (Å²) in [6.07, 6.45) is 4.84. The van der Waals surface area contributed by atoms with Crippen molar-refractivity contribution >= 4 is 12.2 Å². The van der Waals surface area contributed by atoms with E-state index in [1.807, 2.05) is 0 Å². The van der Waals surface area contributed by atoms with E-state index in [2.05, 4.69) is 14.8 Å². The van der Waals surface area contributed by atoms with E-state index in [9.17, 15) is 0 Å². The third-order valence-electron chi connectivity index (χ3n) is 2.86. The van der Waals surface area contributed by atoms with E-state index in [4.69, 9.17) is 17.0 Å². The number of aromatic amines is 1. The van der Waals surface area contributed by atoms with E-state index in [0.717, 1.165) is 30.0 Å². The molecule has 1 aliphatic carbocycles. The van der Waals surface area contributed by atoms with Crippen molar-refractivity contribution in [2.75, 3.05) is 6.61 Å². The molecule has 1 N–H and O–H groups in total. The lowest BCUT2D eigenvalue weighted by atomic mass is 10.2. The maximum absolute atomic E-state index is 5.62. The first-order chi connectivity index (χ1) is 6.86. The molecule has 1 atom stereocenters. The van der Waals surface area contributed by atoms with Crippen molar-refractivity contribution in [1.82, 2.24) is 14.8 Å². The molecule has 3 rings (SSSR count). The second-order valence-electron chi connectivity index (χ2n) is 3.99. The molecule has 2 fully saturated rings. The van der Waals surface area contributed by atoms with Gasteiger partial charge in [0.1, 0.15) is 6.10 Å². The first-order valence-electron chi connectivity index (χ1n) is 5.14. The van der Waals surface area contributed by atoms with Crippen molar-refractivity contribution in [3.05, 3.63) is 10.6 Å². The number of hydrogen-bond acceptors (Lipinski definition) is 3. The van der Waals surface area contributed by atoms with Gasteiger partial charge in [-0.1, -0.05) is 0 Å². The van der Waals surface area contributed by atoms with E-state index in [0.29, 0.717) is 6.04 Å². The molecule has 0 radical (unpaired) electrons. The van der Waals surface area contributed by atoms with Crippen LogP contribution in [0.5, 0.6) is 0 Å². The SMILES string of the molecule is S=c1[nH]nc(C2CCCO2)n1C1CC1. The minimum atomic E-state index is 0.170. The first kappa shape index (κ1) is 8.61. The van der Waals surface area contributed by atoms with Crippen LogP contribution in [0.3, 0.4) is 0 Å². The lowest BCUT2D eigenvalue weighted by Gasteiger charge is -2.10. The summed E-state index contributed by atoms with van der Waals surface area (Å²) in [6, 6.07) is 0.584. The third-order valence-corrected chi connectivity index (χ3v) is 3.15. The van der Waals surface area contributed by atoms with E-state index < -0.39 is 0 Å². The molecule has 5 heteroatoms. The molecule has 1 aromatic rings. The van der Waals surface area contributed by atoms with Crippen LogP contribution in [0.1, 0.15) is 43.7 Å². The molecular weight excluding hydrogens is 198 g/mol. The van der Waals surface area contributed by atoms with Gasteiger partial charge in [-0.15, -0.1) is 0 Å². The second-order valence-corrected chi connectivity index (χ2v) is 4.38. The topological polar surface area (TPSA) is 42.8 Å². The van der Waals surface area contributed by atoms with Gasteiger partial charge in [0, 0.05) is 12.6 Å². The summed E-state index contributed by atoms with van der Waals surface area (Å²) in [6.45, 7) is 0.856. The van der Waals surface area contributed by atoms with Crippen LogP contribution in [0.2, 0.25) is 0 Å². The second kappa shape index (κ2) is 3.17. The van der Waals surface area contributed by atoms with E-state index in [-0.39, 0.29) is 6.10 Å². The van der Waals surface area contributed by atoms with Crippen LogP contribution < -0.4 is 0 Å². The molecule has 1 saturated heterocycles. The summed E-state index contributed by atoms with van der Waals surface area (Å²) >= 11 is 5.21. The van der Waals surface area contributed by atoms with Crippen molar-refractivity contribution in [3.63, 3.8) is 0 Å². The molecule has 14 heavy (non-hydrogen) atoms. The quantitative estimate of drug-likeness (QED) is 0.762. The average Bonchev–Trinajstić information content (AvgIpc) is 2.75. The molecule has 0 spiro atoms. The van der Waals surface area contributed by atoms with Crippen molar-refractivity contribution in [1.29, 1.82) is 0 Å². The zero-order valence-electron chi connectivity index (χ0n) is 7.90. The standard InChI is InChI=1S/C9H13N3OS/c14-9-11-10-8(7-2-1-5-13-7)12(9)6-3-4-6/h6-7H,1-5H2,(H,11,14). The van der Waals surface area contributed by atoms with Crippen molar-refractivity contribution in [2.45, 2.75) is 37.8 Å². The Morgan fingerprint density at radius 2 is 2.29 bits per heavy atom. The van der Waals surface area contributed by atoms with Gasteiger partial charge in [0.05, 0.1) is 0 Å². The molecule has 0 amide bonds. The predicted molar refractivity (Wildman–Crippen MR) is 53.6 cm³/mol. The third kappa shape index (κ3) is 1.31. The van der Waals surface area contributed by atoms with Gasteiger partial charge >= 0.3 is 0 Å². The van der Waals surface area contributed by atoms with Gasteiger partial charge in [0.15, 0.2) is 10.6 Å². The maximum atomic E-state index is 5.62. The Morgan fingerprint density at radius 1 is 1.43 bits per heavy atom. The summed E-state index contributed by atoms with van der Waals surface area (Å²) in [7, 11) is 0. The van der Waals surface area contributed by atoms with Crippen LogP contribution in [-0.2, 0) is 4.74 Å². The van der Waals surface area contributed by atoms with Gasteiger partial charge in [-0.3, -0.25) is 9.67 Å². The zero-order valence-corrected chi connectivity index (χ0v) is 8.72. The highest BCUT2D eigenvalue weighted by Gasteiger charge is 2.31. The average molecular weight is 211 g/mol. The largest absolute Gasteiger partial charge is 0.370 e. The Morgan fingerprint density at radius 3 is 2.93 bits per heavy atom. The first-order valence-corrected chi connectivity index (χ1v) is 5.55. The summed E-state index contributed by atoms with van der Waals surface area (Å²) in [5, 5.41) is 7.15. The van der Waals surface area contributed by atoms with Gasteiger partial charge in [-0.25, -0.2) is 0 Å². The fourth-order valence-electron chi connectivity index (χ4n) is 2.01. The summed E-state index contributed by atoms with van der Waals surface area (Å²) < 4.78 is 8.51. The Bertz CT molecular complexity index is 387. The number of H-pyrrole nitrogens is 1. The van der Waals surface area contributed by atoms with E-state index in [1.54, 1.807) is 0 Å². The molecule has 2 aliphatic rings. The molecule has 0 aromatic carbocycles. The van der Waals surface area contributed by atoms with Crippen LogP contribution in [0, 0.1) is 4.77 Å². The van der Waals surface area contributed by atoms with Gasteiger partial charge in [-0.05, 0) is 37.9 Å². The lowest BCUT2D eigenvalue weighted by Crippen LogP contribution is -2.07. The Labute approximate surface area is 87.3 Å². The van der Waals surface area contributed by atoms with Crippen LogP contribution in [0.4, 0.5) is 0 Å². The monoisotopic (exact) mass is 211 g/mol. The molecular formula is C9H13N3OS. The number of nitrogens with one attached hydrogen (secondary N) is 1. The maximum Gasteiger partial charge on any atom is 0.195 e. The Hall–Kier alpha value is -0.680. The van der Waals surface area contributed by atoms with Crippen LogP contribution in [-0.4, -0.2) is 21.4 Å². The number of aromatic nitrogens is 3. The highest BCUT2D eigenvalue weighted by atomic mass is 32.1. The van der Waals surface area contributed by atoms with E-state index in [1.165, 1.54) is 12.8 Å². The Kier molecular flexibility index (Phi) is 1.95. The normalized spacial score (nSPS) is 27.0. The molecule has 1 aromatic heterocycles. The van der Waals surface area contributed by atoms with Gasteiger partial charge in [-0.2, -0.15) is 5.10 Å². The predicted octanol–water partition coefficient (Wildman–Crippen LogP) is 2.13. The highest BCUT2D eigenvalue weighted by molar-refractivity contribution is 7.71. The molecule has 1 aliphatic heterocycles. The molecule has 1 saturated carbocycles. The van der Waals surface area contributed by atoms with E-state index >= 15 is 0 Å². The molecule has 1 unspecified atom stereocenters. The van der Waals surface area contributed by atoms with Crippen molar-refractivity contribution < 1.29 is 4.74 Å². The minimum absolute atomic E-state index is 0.170. The summed E-state index contributed by atoms with van der Waals surface area (Å²) in [5.74, 6) is 1.01. The Balaban J connectivity index is 1.99. The molecule has 76 valence electrons. The zero-order chi connectivity index (χ0) is 9.54. The fraction of sp³-hybridized carbons (Fsp3) is 0.778. The van der Waals surface area contributed by atoms with Crippen LogP contribution >= 0.6 is 12.2 Å². The van der Waals surface area contributed by atoms with Crippen molar-refractivity contribution in [2.24, 2.45) is 0 Å². The smallest absolute Gasteiger partial charge is 0.195 e. The van der Waals surface area contributed by atoms with Crippen LogP contribution in [0.25, 0.3) is 0 Å². The highest BCUT2D eigenvalue weighted by Crippen LogP contribution is 2.38. The fourth-order valence-corrected chi connectivity index (χ4v) is 2.30. The molecule has 4 nitrogen and oxygen atoms in total. The lowest BCUT2D eigenvalue weighted by molar-refractivity contribution is 0.101. The molecule has 2 heterocycles. The van der Waals surface area contributed by atoms with Gasteiger partial charge in [0.2, 0.25) is 0 Å². The number of ether oxygens (including phenoxy) is 1. The number of rotatable bonds is 2. The molecule has 0 bridgehead atoms. The summed E-state index contributed by atoms with van der Waals surface area (Å²) in [4.78, 5) is 0. The summed E-state index contributed by atoms with van der Waals surface area (Å²) in [5.41, 5.74) is 0. The number of nitrogens with zero attached hydrogens (tertiary/aromatic N) is 2. The van der Waals surface area contributed by atoms with Crippen molar-refractivity contribution in [3.8, 4) is 0 Å². The number of hydrogen-bond donors (Lipinski definition) is 1. The van der Waals surface area contributed by atoms with Crippen LogP contribution in [0.15, 0.2) is 0 Å². The van der Waals surface area contributed by atoms with Gasteiger partial charge < -0.3 is 4.74 Å². The minimum Gasteiger partial charge on any atom is -0.370 e.